The van der Waals surface area contributed by atoms with E-state index in [4.69, 9.17) is 0 Å². The fourth-order valence-electron chi connectivity index (χ4n) is 1.70. The van der Waals surface area contributed by atoms with Crippen molar-refractivity contribution in [1.29, 1.82) is 0 Å². The van der Waals surface area contributed by atoms with Crippen LogP contribution in [0.15, 0.2) is 5.38 Å². The molecule has 0 atom stereocenters. The molecule has 1 aliphatic heterocycles. The highest BCUT2D eigenvalue weighted by molar-refractivity contribution is 7.90. The van der Waals surface area contributed by atoms with E-state index in [2.05, 4.69) is 9.10 Å². The summed E-state index contributed by atoms with van der Waals surface area (Å²) >= 11 is 1.26. The van der Waals surface area contributed by atoms with E-state index in [1.165, 1.54) is 15.8 Å². The minimum absolute atomic E-state index is 0.593. The average molecular weight is 261 g/mol. The van der Waals surface area contributed by atoms with Gasteiger partial charge in [-0.2, -0.15) is 17.1 Å². The Morgan fingerprint density at radius 3 is 2.62 bits per heavy atom. The summed E-state index contributed by atoms with van der Waals surface area (Å²) in [4.78, 5) is 0. The third-order valence-corrected chi connectivity index (χ3v) is 4.89. The van der Waals surface area contributed by atoms with Crippen LogP contribution in [0.5, 0.6) is 0 Å². The number of hydrogen-bond acceptors (Lipinski definition) is 4. The average Bonchev–Trinajstić information content (AvgIpc) is 2.65. The number of nitrogens with one attached hydrogen (secondary N) is 1. The van der Waals surface area contributed by atoms with Gasteiger partial charge >= 0.3 is 10.2 Å². The van der Waals surface area contributed by atoms with Crippen LogP contribution in [-0.4, -0.2) is 30.2 Å². The van der Waals surface area contributed by atoms with Gasteiger partial charge in [0.25, 0.3) is 0 Å². The van der Waals surface area contributed by atoms with Gasteiger partial charge in [-0.05, 0) is 31.3 Å². The highest BCUT2D eigenvalue weighted by Crippen LogP contribution is 2.20. The van der Waals surface area contributed by atoms with Crippen LogP contribution in [0.25, 0.3) is 0 Å². The molecule has 0 saturated carbocycles. The molecule has 1 aliphatic rings. The van der Waals surface area contributed by atoms with E-state index in [1.807, 2.05) is 0 Å². The van der Waals surface area contributed by atoms with Crippen LogP contribution in [0.3, 0.4) is 0 Å². The van der Waals surface area contributed by atoms with E-state index in [9.17, 15) is 8.42 Å². The first-order chi connectivity index (χ1) is 7.59. The summed E-state index contributed by atoms with van der Waals surface area (Å²) in [6.07, 6.45) is 3.01. The monoisotopic (exact) mass is 261 g/mol. The minimum Gasteiger partial charge on any atom is -0.268 e. The van der Waals surface area contributed by atoms with E-state index >= 15 is 0 Å². The maximum atomic E-state index is 12.0. The standard InChI is InChI=1S/C9H15N3O2S2/c1-8-9(7-15-10-8)11-16(13,14)12-5-3-2-4-6-12/h7,11H,2-6H2,1H3. The largest absolute Gasteiger partial charge is 0.301 e. The number of hydrogen-bond donors (Lipinski definition) is 1. The molecule has 0 amide bonds. The molecule has 1 fully saturated rings. The Labute approximate surface area is 99.8 Å². The summed E-state index contributed by atoms with van der Waals surface area (Å²) in [6, 6.07) is 0. The quantitative estimate of drug-likeness (QED) is 0.899. The van der Waals surface area contributed by atoms with Crippen molar-refractivity contribution in [3.8, 4) is 0 Å². The van der Waals surface area contributed by atoms with Crippen LogP contribution in [0.1, 0.15) is 25.0 Å². The highest BCUT2D eigenvalue weighted by Gasteiger charge is 2.24. The van der Waals surface area contributed by atoms with Crippen molar-refractivity contribution in [2.75, 3.05) is 17.8 Å². The second kappa shape index (κ2) is 4.68. The maximum Gasteiger partial charge on any atom is 0.301 e. The van der Waals surface area contributed by atoms with Gasteiger partial charge in [-0.25, -0.2) is 0 Å². The molecule has 1 saturated heterocycles. The smallest absolute Gasteiger partial charge is 0.268 e. The Balaban J connectivity index is 2.10. The lowest BCUT2D eigenvalue weighted by molar-refractivity contribution is 0.349. The van der Waals surface area contributed by atoms with E-state index in [0.717, 1.165) is 25.0 Å². The van der Waals surface area contributed by atoms with Crippen molar-refractivity contribution in [3.63, 3.8) is 0 Å². The van der Waals surface area contributed by atoms with Crippen molar-refractivity contribution in [3.05, 3.63) is 11.1 Å². The van der Waals surface area contributed by atoms with Gasteiger partial charge < -0.3 is 0 Å². The Morgan fingerprint density at radius 2 is 2.06 bits per heavy atom. The summed E-state index contributed by atoms with van der Waals surface area (Å²) in [7, 11) is -3.38. The molecular weight excluding hydrogens is 246 g/mol. The lowest BCUT2D eigenvalue weighted by atomic mass is 10.2. The van der Waals surface area contributed by atoms with E-state index in [1.54, 1.807) is 12.3 Å². The van der Waals surface area contributed by atoms with Gasteiger partial charge in [0, 0.05) is 18.5 Å². The lowest BCUT2D eigenvalue weighted by Crippen LogP contribution is -2.39. The predicted octanol–water partition coefficient (Wildman–Crippen LogP) is 1.59. The highest BCUT2D eigenvalue weighted by atomic mass is 32.2. The molecular formula is C9H15N3O2S2. The van der Waals surface area contributed by atoms with Crippen LogP contribution in [0.4, 0.5) is 5.69 Å². The summed E-state index contributed by atoms with van der Waals surface area (Å²) in [5, 5.41) is 1.72. The Hall–Kier alpha value is -0.660. The van der Waals surface area contributed by atoms with Gasteiger partial charge in [-0.3, -0.25) is 4.72 Å². The number of aromatic nitrogens is 1. The van der Waals surface area contributed by atoms with Crippen molar-refractivity contribution >= 4 is 27.4 Å². The van der Waals surface area contributed by atoms with Crippen molar-refractivity contribution in [2.45, 2.75) is 26.2 Å². The van der Waals surface area contributed by atoms with Crippen molar-refractivity contribution < 1.29 is 8.42 Å². The molecule has 2 heterocycles. The second-order valence-corrected chi connectivity index (χ2v) is 6.18. The molecule has 7 heteroatoms. The fourth-order valence-corrected chi connectivity index (χ4v) is 3.77. The second-order valence-electron chi connectivity index (χ2n) is 3.88. The Bertz CT molecular complexity index is 449. The van der Waals surface area contributed by atoms with Crippen LogP contribution in [0, 0.1) is 6.92 Å². The van der Waals surface area contributed by atoms with Gasteiger partial charge in [0.2, 0.25) is 0 Å². The van der Waals surface area contributed by atoms with E-state index in [0.29, 0.717) is 18.8 Å². The summed E-state index contributed by atoms with van der Waals surface area (Å²) in [5.74, 6) is 0. The van der Waals surface area contributed by atoms with Gasteiger partial charge in [0.15, 0.2) is 0 Å². The predicted molar refractivity (Wildman–Crippen MR) is 64.8 cm³/mol. The van der Waals surface area contributed by atoms with Crippen LogP contribution in [-0.2, 0) is 10.2 Å². The van der Waals surface area contributed by atoms with E-state index in [-0.39, 0.29) is 0 Å². The van der Waals surface area contributed by atoms with Gasteiger partial charge in [-0.1, -0.05) is 6.42 Å². The molecule has 16 heavy (non-hydrogen) atoms. The number of rotatable bonds is 3. The number of nitrogens with zero attached hydrogens (tertiary/aromatic N) is 2. The van der Waals surface area contributed by atoms with Gasteiger partial charge in [0.1, 0.15) is 0 Å². The van der Waals surface area contributed by atoms with Crippen LogP contribution >= 0.6 is 11.5 Å². The summed E-state index contributed by atoms with van der Waals surface area (Å²) < 4.78 is 32.1. The molecule has 0 spiro atoms. The number of anilines is 1. The number of piperidine rings is 1. The third-order valence-electron chi connectivity index (χ3n) is 2.64. The third kappa shape index (κ3) is 2.53. The molecule has 0 aliphatic carbocycles. The Morgan fingerprint density at radius 1 is 1.38 bits per heavy atom. The molecule has 90 valence electrons. The molecule has 0 aromatic carbocycles. The summed E-state index contributed by atoms with van der Waals surface area (Å²) in [5.41, 5.74) is 1.32. The molecule has 0 radical (unpaired) electrons. The van der Waals surface area contributed by atoms with Gasteiger partial charge in [0.05, 0.1) is 11.4 Å². The molecule has 0 bridgehead atoms. The molecule has 5 nitrogen and oxygen atoms in total. The van der Waals surface area contributed by atoms with E-state index < -0.39 is 10.2 Å². The van der Waals surface area contributed by atoms with Crippen molar-refractivity contribution in [1.82, 2.24) is 8.68 Å². The van der Waals surface area contributed by atoms with Gasteiger partial charge in [-0.15, -0.1) is 0 Å². The normalized spacial score (nSPS) is 18.6. The molecule has 0 unspecified atom stereocenters. The zero-order chi connectivity index (χ0) is 11.6. The SMILES string of the molecule is Cc1nscc1NS(=O)(=O)N1CCCCC1. The summed E-state index contributed by atoms with van der Waals surface area (Å²) in [6.45, 7) is 3.03. The minimum atomic E-state index is -3.38. The zero-order valence-electron chi connectivity index (χ0n) is 9.14. The van der Waals surface area contributed by atoms with Crippen LogP contribution in [0.2, 0.25) is 0 Å². The molecule has 1 aromatic heterocycles. The number of aryl methyl sites for hydroxylation is 1. The van der Waals surface area contributed by atoms with Crippen LogP contribution < -0.4 is 4.72 Å². The molecule has 2 rings (SSSR count). The maximum absolute atomic E-state index is 12.0. The fraction of sp³-hybridized carbons (Fsp3) is 0.667. The Kier molecular flexibility index (Phi) is 3.46. The molecule has 1 aromatic rings. The molecule has 1 N–H and O–H groups in total. The zero-order valence-corrected chi connectivity index (χ0v) is 10.8. The first kappa shape index (κ1) is 11.8. The first-order valence-electron chi connectivity index (χ1n) is 5.28. The lowest BCUT2D eigenvalue weighted by Gasteiger charge is -2.25. The topological polar surface area (TPSA) is 62.3 Å². The van der Waals surface area contributed by atoms with Crippen molar-refractivity contribution in [2.24, 2.45) is 0 Å². The first-order valence-corrected chi connectivity index (χ1v) is 7.56.